The zero-order valence-corrected chi connectivity index (χ0v) is 16.4. The Hall–Kier alpha value is -2.24. The lowest BCUT2D eigenvalue weighted by Crippen LogP contribution is -2.21. The van der Waals surface area contributed by atoms with Gasteiger partial charge >= 0.3 is 0 Å². The van der Waals surface area contributed by atoms with Crippen LogP contribution in [0.3, 0.4) is 0 Å². The van der Waals surface area contributed by atoms with Gasteiger partial charge in [-0.2, -0.15) is 0 Å². The van der Waals surface area contributed by atoms with E-state index in [0.717, 1.165) is 5.69 Å². The molecule has 3 aromatic rings. The van der Waals surface area contributed by atoms with E-state index in [1.54, 1.807) is 22.9 Å². The number of aromatic nitrogens is 2. The van der Waals surface area contributed by atoms with Crippen LogP contribution in [0, 0.1) is 6.92 Å². The Morgan fingerprint density at radius 2 is 1.69 bits per heavy atom. The average Bonchev–Trinajstić information content (AvgIpc) is 2.63. The third-order valence-corrected chi connectivity index (χ3v) is 5.03. The molecule has 0 radical (unpaired) electrons. The van der Waals surface area contributed by atoms with Crippen molar-refractivity contribution >= 4 is 34.0 Å². The summed E-state index contributed by atoms with van der Waals surface area (Å²) in [5.41, 5.74) is 1.73. The number of rotatable bonds is 4. The summed E-state index contributed by atoms with van der Waals surface area (Å²) in [5.74, 6) is 0.834. The van der Waals surface area contributed by atoms with Crippen LogP contribution < -0.4 is 15.0 Å². The summed E-state index contributed by atoms with van der Waals surface area (Å²) >= 11 is 13.1. The second kappa shape index (κ2) is 7.17. The molecule has 0 bridgehead atoms. The van der Waals surface area contributed by atoms with E-state index in [-0.39, 0.29) is 5.56 Å². The molecule has 0 fully saturated rings. The smallest absolute Gasteiger partial charge is 0.259 e. The van der Waals surface area contributed by atoms with E-state index in [4.69, 9.17) is 32.7 Å². The van der Waals surface area contributed by atoms with Crippen molar-refractivity contribution in [2.75, 3.05) is 14.2 Å². The third-order valence-electron chi connectivity index (χ3n) is 4.28. The van der Waals surface area contributed by atoms with E-state index in [9.17, 15) is 4.79 Å². The molecule has 0 saturated heterocycles. The largest absolute Gasteiger partial charge is 0.495 e. The summed E-state index contributed by atoms with van der Waals surface area (Å²) in [6.07, 6.45) is 1.68. The van der Waals surface area contributed by atoms with Crippen molar-refractivity contribution in [3.8, 4) is 22.8 Å². The molecule has 1 aromatic carbocycles. The summed E-state index contributed by atoms with van der Waals surface area (Å²) in [7, 11) is 3.02. The van der Waals surface area contributed by atoms with Crippen LogP contribution in [0.5, 0.6) is 11.5 Å². The van der Waals surface area contributed by atoms with E-state index in [1.807, 2.05) is 19.9 Å². The van der Waals surface area contributed by atoms with Crippen LogP contribution in [0.1, 0.15) is 12.6 Å². The van der Waals surface area contributed by atoms with Crippen molar-refractivity contribution in [1.82, 2.24) is 9.55 Å². The quantitative estimate of drug-likeness (QED) is 0.644. The molecule has 136 valence electrons. The molecular formula is C19H18Cl2N2O3. The molecule has 5 nitrogen and oxygen atoms in total. The fraction of sp³-hybridized carbons (Fsp3) is 0.263. The lowest BCUT2D eigenvalue weighted by Gasteiger charge is -2.18. The first-order chi connectivity index (χ1) is 12.4. The number of ether oxygens (including phenoxy) is 2. The summed E-state index contributed by atoms with van der Waals surface area (Å²) in [4.78, 5) is 17.3. The number of pyridine rings is 2. The molecule has 0 aliphatic carbocycles. The molecule has 2 aromatic heterocycles. The predicted molar refractivity (Wildman–Crippen MR) is 105 cm³/mol. The topological polar surface area (TPSA) is 53.4 Å². The van der Waals surface area contributed by atoms with Gasteiger partial charge in [0.05, 0.1) is 35.3 Å². The fourth-order valence-electron chi connectivity index (χ4n) is 2.98. The highest BCUT2D eigenvalue weighted by atomic mass is 35.5. The SMILES string of the molecule is CCn1c(-c2c(Cl)c(OC)cc(OC)c2Cl)cc2cnc(C)cc2c1=O. The van der Waals surface area contributed by atoms with Crippen LogP contribution in [-0.2, 0) is 6.54 Å². The number of hydrogen-bond acceptors (Lipinski definition) is 4. The van der Waals surface area contributed by atoms with Gasteiger partial charge in [0.1, 0.15) is 11.5 Å². The molecule has 0 atom stereocenters. The molecule has 0 aliphatic rings. The van der Waals surface area contributed by atoms with E-state index in [2.05, 4.69) is 4.98 Å². The molecule has 0 saturated carbocycles. The summed E-state index contributed by atoms with van der Waals surface area (Å²) < 4.78 is 12.3. The maximum Gasteiger partial charge on any atom is 0.259 e. The Kier molecular flexibility index (Phi) is 5.12. The molecule has 3 rings (SSSR count). The number of hydrogen-bond donors (Lipinski definition) is 0. The number of benzene rings is 1. The van der Waals surface area contributed by atoms with Crippen LogP contribution in [0.4, 0.5) is 0 Å². The number of aryl methyl sites for hydroxylation is 1. The number of nitrogens with zero attached hydrogens (tertiary/aromatic N) is 2. The molecule has 26 heavy (non-hydrogen) atoms. The molecule has 0 N–H and O–H groups in total. The molecule has 0 unspecified atom stereocenters. The van der Waals surface area contributed by atoms with Gasteiger partial charge in [-0.15, -0.1) is 0 Å². The zero-order chi connectivity index (χ0) is 19.0. The maximum atomic E-state index is 13.0. The standard InChI is InChI=1S/C19H18Cl2N2O3/c1-5-23-13(7-11-9-22-10(2)6-12(11)19(23)24)16-17(20)14(25-3)8-15(26-4)18(16)21/h6-9H,5H2,1-4H3. The molecule has 0 spiro atoms. The van der Waals surface area contributed by atoms with Gasteiger partial charge in [-0.3, -0.25) is 9.78 Å². The van der Waals surface area contributed by atoms with Crippen LogP contribution in [-0.4, -0.2) is 23.8 Å². The first-order valence-electron chi connectivity index (χ1n) is 8.03. The first kappa shape index (κ1) is 18.5. The van der Waals surface area contributed by atoms with Gasteiger partial charge in [0.2, 0.25) is 0 Å². The Bertz CT molecular complexity index is 1030. The predicted octanol–water partition coefficient (Wildman–Crippen LogP) is 4.72. The van der Waals surface area contributed by atoms with E-state index < -0.39 is 0 Å². The molecule has 0 aliphatic heterocycles. The molecule has 0 amide bonds. The van der Waals surface area contributed by atoms with Crippen LogP contribution in [0.15, 0.2) is 29.2 Å². The van der Waals surface area contributed by atoms with Gasteiger partial charge in [-0.1, -0.05) is 23.2 Å². The van der Waals surface area contributed by atoms with Crippen molar-refractivity contribution in [2.45, 2.75) is 20.4 Å². The van der Waals surface area contributed by atoms with Crippen LogP contribution in [0.2, 0.25) is 10.0 Å². The van der Waals surface area contributed by atoms with Crippen molar-refractivity contribution in [1.29, 1.82) is 0 Å². The van der Waals surface area contributed by atoms with Crippen molar-refractivity contribution in [3.63, 3.8) is 0 Å². The van der Waals surface area contributed by atoms with Gasteiger partial charge in [-0.25, -0.2) is 0 Å². The van der Waals surface area contributed by atoms with E-state index in [1.165, 1.54) is 14.2 Å². The summed E-state index contributed by atoms with van der Waals surface area (Å²) in [6.45, 7) is 4.20. The normalized spacial score (nSPS) is 11.0. The minimum atomic E-state index is -0.126. The van der Waals surface area contributed by atoms with Gasteiger partial charge in [0, 0.05) is 35.5 Å². The Morgan fingerprint density at radius 1 is 1.08 bits per heavy atom. The highest BCUT2D eigenvalue weighted by Crippen LogP contribution is 2.46. The second-order valence-corrected chi connectivity index (χ2v) is 6.53. The first-order valence-corrected chi connectivity index (χ1v) is 8.79. The maximum absolute atomic E-state index is 13.0. The summed E-state index contributed by atoms with van der Waals surface area (Å²) in [5, 5.41) is 1.96. The number of methoxy groups -OCH3 is 2. The highest BCUT2D eigenvalue weighted by Gasteiger charge is 2.22. The van der Waals surface area contributed by atoms with Gasteiger partial charge in [0.25, 0.3) is 5.56 Å². The van der Waals surface area contributed by atoms with Crippen LogP contribution in [0.25, 0.3) is 22.0 Å². The molecular weight excluding hydrogens is 375 g/mol. The summed E-state index contributed by atoms with van der Waals surface area (Å²) in [6, 6.07) is 5.26. The lowest BCUT2D eigenvalue weighted by atomic mass is 10.1. The fourth-order valence-corrected chi connectivity index (χ4v) is 3.68. The van der Waals surface area contributed by atoms with Crippen molar-refractivity contribution in [2.24, 2.45) is 0 Å². The highest BCUT2D eigenvalue weighted by molar-refractivity contribution is 6.41. The molecule has 2 heterocycles. The van der Waals surface area contributed by atoms with Gasteiger partial charge in [0.15, 0.2) is 0 Å². The number of halogens is 2. The van der Waals surface area contributed by atoms with Gasteiger partial charge in [-0.05, 0) is 26.0 Å². The minimum Gasteiger partial charge on any atom is -0.495 e. The van der Waals surface area contributed by atoms with E-state index >= 15 is 0 Å². The lowest BCUT2D eigenvalue weighted by molar-refractivity contribution is 0.395. The Balaban J connectivity index is 2.46. The average molecular weight is 393 g/mol. The van der Waals surface area contributed by atoms with Gasteiger partial charge < -0.3 is 14.0 Å². The van der Waals surface area contributed by atoms with Crippen LogP contribution >= 0.6 is 23.2 Å². The van der Waals surface area contributed by atoms with E-state index in [0.29, 0.717) is 50.1 Å². The Labute approximate surface area is 161 Å². The second-order valence-electron chi connectivity index (χ2n) is 5.78. The number of fused-ring (bicyclic) bond motifs is 1. The monoisotopic (exact) mass is 392 g/mol. The van der Waals surface area contributed by atoms with Crippen molar-refractivity contribution in [3.05, 3.63) is 50.5 Å². The third kappa shape index (κ3) is 2.91. The zero-order valence-electron chi connectivity index (χ0n) is 14.9. The Morgan fingerprint density at radius 3 is 2.23 bits per heavy atom. The minimum absolute atomic E-state index is 0.126. The molecule has 7 heteroatoms. The van der Waals surface area contributed by atoms with Crippen molar-refractivity contribution < 1.29 is 9.47 Å².